The van der Waals surface area contributed by atoms with E-state index < -0.39 is 10.0 Å². The molecule has 1 atom stereocenters. The van der Waals surface area contributed by atoms with Crippen molar-refractivity contribution in [3.8, 4) is 5.75 Å². The molecule has 6 heteroatoms. The summed E-state index contributed by atoms with van der Waals surface area (Å²) in [6, 6.07) is 12.5. The van der Waals surface area contributed by atoms with Crippen molar-refractivity contribution in [3.63, 3.8) is 0 Å². The van der Waals surface area contributed by atoms with Crippen molar-refractivity contribution in [3.05, 3.63) is 57.2 Å². The van der Waals surface area contributed by atoms with Crippen LogP contribution in [0.25, 0.3) is 0 Å². The van der Waals surface area contributed by atoms with E-state index in [0.717, 1.165) is 14.7 Å². The molecule has 0 saturated carbocycles. The minimum Gasteiger partial charge on any atom is -0.496 e. The molecule has 0 bridgehead atoms. The lowest BCUT2D eigenvalue weighted by atomic mass is 10.0. The maximum Gasteiger partial charge on any atom is 0.241 e. The molecule has 4 nitrogen and oxygen atoms in total. The van der Waals surface area contributed by atoms with Gasteiger partial charge in [0.2, 0.25) is 10.0 Å². The lowest BCUT2D eigenvalue weighted by Gasteiger charge is -2.18. The van der Waals surface area contributed by atoms with E-state index in [1.54, 1.807) is 25.3 Å². The maximum absolute atomic E-state index is 12.6. The standard InChI is InChI=1S/C17H20INO3S/c1-4-16(13-7-5-12(2)6-8-13)19-23(20,21)14-9-10-17(22-3)15(18)11-14/h5-11,16,19H,4H2,1-3H3. The first-order valence-electron chi connectivity index (χ1n) is 7.30. The van der Waals surface area contributed by atoms with Crippen LogP contribution >= 0.6 is 22.6 Å². The highest BCUT2D eigenvalue weighted by atomic mass is 127. The van der Waals surface area contributed by atoms with Crippen molar-refractivity contribution in [2.24, 2.45) is 0 Å². The zero-order valence-corrected chi connectivity index (χ0v) is 16.3. The smallest absolute Gasteiger partial charge is 0.241 e. The van der Waals surface area contributed by atoms with Gasteiger partial charge in [-0.2, -0.15) is 0 Å². The highest BCUT2D eigenvalue weighted by Crippen LogP contribution is 2.26. The number of hydrogen-bond acceptors (Lipinski definition) is 3. The Morgan fingerprint density at radius 1 is 1.17 bits per heavy atom. The summed E-state index contributed by atoms with van der Waals surface area (Å²) in [5, 5.41) is 0. The van der Waals surface area contributed by atoms with E-state index in [4.69, 9.17) is 4.74 Å². The molecule has 0 heterocycles. The third-order valence-corrected chi connectivity index (χ3v) is 5.93. The molecule has 0 aliphatic heterocycles. The van der Waals surface area contributed by atoms with Crippen LogP contribution in [-0.4, -0.2) is 15.5 Å². The predicted octanol–water partition coefficient (Wildman–Crippen LogP) is 4.04. The van der Waals surface area contributed by atoms with Gasteiger partial charge >= 0.3 is 0 Å². The molecule has 0 aromatic heterocycles. The minimum atomic E-state index is -3.59. The first-order valence-corrected chi connectivity index (χ1v) is 9.86. The van der Waals surface area contributed by atoms with Crippen LogP contribution in [0.3, 0.4) is 0 Å². The molecule has 23 heavy (non-hydrogen) atoms. The summed E-state index contributed by atoms with van der Waals surface area (Å²) in [5.74, 6) is 0.662. The number of aryl methyl sites for hydroxylation is 1. The number of nitrogens with one attached hydrogen (secondary N) is 1. The lowest BCUT2D eigenvalue weighted by Crippen LogP contribution is -2.28. The van der Waals surface area contributed by atoms with Crippen molar-refractivity contribution in [1.82, 2.24) is 4.72 Å². The average molecular weight is 445 g/mol. The Morgan fingerprint density at radius 2 is 1.83 bits per heavy atom. The largest absolute Gasteiger partial charge is 0.496 e. The predicted molar refractivity (Wildman–Crippen MR) is 100 cm³/mol. The van der Waals surface area contributed by atoms with Gasteiger partial charge in [0, 0.05) is 6.04 Å². The van der Waals surface area contributed by atoms with E-state index in [1.165, 1.54) is 0 Å². The van der Waals surface area contributed by atoms with Crippen LogP contribution in [0.2, 0.25) is 0 Å². The second-order valence-electron chi connectivity index (χ2n) is 5.29. The van der Waals surface area contributed by atoms with Crippen LogP contribution < -0.4 is 9.46 Å². The Kier molecular flexibility index (Phi) is 6.05. The fourth-order valence-electron chi connectivity index (χ4n) is 2.26. The topological polar surface area (TPSA) is 55.4 Å². The van der Waals surface area contributed by atoms with Gasteiger partial charge in [-0.05, 0) is 59.7 Å². The molecule has 2 aromatic rings. The molecular weight excluding hydrogens is 425 g/mol. The van der Waals surface area contributed by atoms with Crippen molar-refractivity contribution in [2.45, 2.75) is 31.2 Å². The zero-order valence-electron chi connectivity index (χ0n) is 13.3. The van der Waals surface area contributed by atoms with E-state index >= 15 is 0 Å². The van der Waals surface area contributed by atoms with Crippen molar-refractivity contribution in [1.29, 1.82) is 0 Å². The normalized spacial score (nSPS) is 12.9. The van der Waals surface area contributed by atoms with E-state index in [0.29, 0.717) is 12.2 Å². The van der Waals surface area contributed by atoms with E-state index in [1.807, 2.05) is 38.1 Å². The van der Waals surface area contributed by atoms with Gasteiger partial charge in [-0.3, -0.25) is 0 Å². The highest BCUT2D eigenvalue weighted by Gasteiger charge is 2.21. The van der Waals surface area contributed by atoms with Gasteiger partial charge in [0.05, 0.1) is 15.6 Å². The summed E-state index contributed by atoms with van der Waals surface area (Å²) in [5.41, 5.74) is 2.11. The molecule has 0 spiro atoms. The summed E-state index contributed by atoms with van der Waals surface area (Å²) in [4.78, 5) is 0.244. The number of benzene rings is 2. The van der Waals surface area contributed by atoms with Gasteiger partial charge in [0.25, 0.3) is 0 Å². The Bertz CT molecular complexity index is 773. The number of halogens is 1. The molecule has 1 N–H and O–H groups in total. The Morgan fingerprint density at radius 3 is 2.35 bits per heavy atom. The first kappa shape index (κ1) is 18.2. The van der Waals surface area contributed by atoms with Crippen LogP contribution in [0, 0.1) is 10.5 Å². The van der Waals surface area contributed by atoms with E-state index in [-0.39, 0.29) is 10.9 Å². The van der Waals surface area contributed by atoms with Crippen LogP contribution in [0.4, 0.5) is 0 Å². The van der Waals surface area contributed by atoms with E-state index in [2.05, 4.69) is 27.3 Å². The summed E-state index contributed by atoms with van der Waals surface area (Å²) < 4.78 is 34.0. The van der Waals surface area contributed by atoms with Gasteiger partial charge in [0.15, 0.2) is 0 Å². The lowest BCUT2D eigenvalue weighted by molar-refractivity contribution is 0.411. The molecule has 0 saturated heterocycles. The third-order valence-electron chi connectivity index (χ3n) is 3.62. The second-order valence-corrected chi connectivity index (χ2v) is 8.17. The summed E-state index contributed by atoms with van der Waals surface area (Å²) in [6.45, 7) is 3.97. The van der Waals surface area contributed by atoms with Crippen LogP contribution in [0.15, 0.2) is 47.4 Å². The Balaban J connectivity index is 2.28. The Labute approximate surface area is 151 Å². The number of rotatable bonds is 6. The van der Waals surface area contributed by atoms with Crippen molar-refractivity contribution < 1.29 is 13.2 Å². The van der Waals surface area contributed by atoms with Gasteiger partial charge in [-0.15, -0.1) is 0 Å². The minimum absolute atomic E-state index is 0.244. The summed E-state index contributed by atoms with van der Waals surface area (Å²) >= 11 is 2.07. The fraction of sp³-hybridized carbons (Fsp3) is 0.294. The summed E-state index contributed by atoms with van der Waals surface area (Å²) in [6.07, 6.45) is 0.676. The Hall–Kier alpha value is -1.12. The molecule has 2 rings (SSSR count). The maximum atomic E-state index is 12.6. The number of ether oxygens (including phenoxy) is 1. The molecule has 1 unspecified atom stereocenters. The average Bonchev–Trinajstić information content (AvgIpc) is 2.53. The number of sulfonamides is 1. The summed E-state index contributed by atoms with van der Waals surface area (Å²) in [7, 11) is -2.02. The monoisotopic (exact) mass is 445 g/mol. The molecule has 0 radical (unpaired) electrons. The third kappa shape index (κ3) is 4.45. The molecule has 0 amide bonds. The molecule has 2 aromatic carbocycles. The van der Waals surface area contributed by atoms with Gasteiger partial charge in [0.1, 0.15) is 5.75 Å². The highest BCUT2D eigenvalue weighted by molar-refractivity contribution is 14.1. The van der Waals surface area contributed by atoms with Crippen LogP contribution in [0.5, 0.6) is 5.75 Å². The molecule has 0 aliphatic rings. The number of hydrogen-bond donors (Lipinski definition) is 1. The van der Waals surface area contributed by atoms with Gasteiger partial charge < -0.3 is 4.74 Å². The molecular formula is C17H20INO3S. The van der Waals surface area contributed by atoms with Crippen molar-refractivity contribution >= 4 is 32.6 Å². The van der Waals surface area contributed by atoms with Gasteiger partial charge in [-0.25, -0.2) is 13.1 Å². The quantitative estimate of drug-likeness (QED) is 0.684. The molecule has 0 aliphatic carbocycles. The fourth-order valence-corrected chi connectivity index (χ4v) is 4.54. The van der Waals surface area contributed by atoms with Crippen molar-refractivity contribution in [2.75, 3.05) is 7.11 Å². The molecule has 124 valence electrons. The van der Waals surface area contributed by atoms with Crippen LogP contribution in [-0.2, 0) is 10.0 Å². The zero-order chi connectivity index (χ0) is 17.0. The van der Waals surface area contributed by atoms with Gasteiger partial charge in [-0.1, -0.05) is 36.8 Å². The molecule has 0 fully saturated rings. The SMILES string of the molecule is CCC(NS(=O)(=O)c1ccc(OC)c(I)c1)c1ccc(C)cc1. The first-order chi connectivity index (χ1) is 10.9. The number of methoxy groups -OCH3 is 1. The second kappa shape index (κ2) is 7.63. The van der Waals surface area contributed by atoms with Crippen LogP contribution in [0.1, 0.15) is 30.5 Å². The van der Waals surface area contributed by atoms with E-state index in [9.17, 15) is 8.42 Å².